The Bertz CT molecular complexity index is 638. The van der Waals surface area contributed by atoms with Crippen LogP contribution in [-0.4, -0.2) is 46.5 Å². The first-order valence-electron chi connectivity index (χ1n) is 6.04. The normalized spacial score (nSPS) is 11.8. The summed E-state index contributed by atoms with van der Waals surface area (Å²) in [5.74, 6) is 0.406. The quantitative estimate of drug-likeness (QED) is 0.802. The monoisotopic (exact) mass is 296 g/mol. The standard InChI is InChI=1S/C11H16N6O2S/c1-3-12-11-13-6-10(7-14-11)20(18,19)17(2)8-9-4-15-16-5-9/h4-7H,3,8H2,1-2H3,(H,15,16)(H,12,13,14). The highest BCUT2D eigenvalue weighted by Crippen LogP contribution is 2.15. The molecule has 0 spiro atoms. The van der Waals surface area contributed by atoms with Crippen molar-refractivity contribution in [1.29, 1.82) is 0 Å². The van der Waals surface area contributed by atoms with Crippen LogP contribution in [0.1, 0.15) is 12.5 Å². The maximum absolute atomic E-state index is 12.3. The SMILES string of the molecule is CCNc1ncc(S(=O)(=O)N(C)Cc2cn[nH]c2)cn1. The van der Waals surface area contributed by atoms with Gasteiger partial charge < -0.3 is 5.32 Å². The van der Waals surface area contributed by atoms with E-state index in [1.165, 1.54) is 23.7 Å². The fourth-order valence-electron chi connectivity index (χ4n) is 1.58. The second kappa shape index (κ2) is 5.97. The average Bonchev–Trinajstić information content (AvgIpc) is 2.92. The predicted molar refractivity (Wildman–Crippen MR) is 73.4 cm³/mol. The van der Waals surface area contributed by atoms with Gasteiger partial charge >= 0.3 is 0 Å². The fraction of sp³-hybridized carbons (Fsp3) is 0.364. The number of H-pyrrole nitrogens is 1. The van der Waals surface area contributed by atoms with Crippen LogP contribution in [-0.2, 0) is 16.6 Å². The first-order chi connectivity index (χ1) is 9.54. The van der Waals surface area contributed by atoms with Gasteiger partial charge in [-0.15, -0.1) is 0 Å². The van der Waals surface area contributed by atoms with E-state index in [9.17, 15) is 8.42 Å². The highest BCUT2D eigenvalue weighted by molar-refractivity contribution is 7.89. The van der Waals surface area contributed by atoms with E-state index in [0.29, 0.717) is 12.5 Å². The second-order valence-corrected chi connectivity index (χ2v) is 6.19. The summed E-state index contributed by atoms with van der Waals surface area (Å²) in [6.45, 7) is 2.81. The van der Waals surface area contributed by atoms with Crippen molar-refractivity contribution < 1.29 is 8.42 Å². The minimum absolute atomic E-state index is 0.0603. The zero-order valence-electron chi connectivity index (χ0n) is 11.2. The minimum Gasteiger partial charge on any atom is -0.355 e. The van der Waals surface area contributed by atoms with Crippen molar-refractivity contribution in [2.24, 2.45) is 0 Å². The van der Waals surface area contributed by atoms with Gasteiger partial charge in [0.05, 0.1) is 18.6 Å². The Labute approximate surface area is 117 Å². The molecule has 0 aliphatic heterocycles. The molecule has 108 valence electrons. The van der Waals surface area contributed by atoms with E-state index in [0.717, 1.165) is 5.56 Å². The van der Waals surface area contributed by atoms with E-state index in [1.807, 2.05) is 6.92 Å². The van der Waals surface area contributed by atoms with Crippen LogP contribution < -0.4 is 5.32 Å². The predicted octanol–water partition coefficient (Wildman–Crippen LogP) is 0.452. The van der Waals surface area contributed by atoms with Gasteiger partial charge in [0.25, 0.3) is 0 Å². The van der Waals surface area contributed by atoms with Crippen LogP contribution in [0.5, 0.6) is 0 Å². The summed E-state index contributed by atoms with van der Waals surface area (Å²) in [5, 5.41) is 9.33. The summed E-state index contributed by atoms with van der Waals surface area (Å²) in [5.41, 5.74) is 0.779. The molecule has 2 aromatic rings. The zero-order valence-corrected chi connectivity index (χ0v) is 12.1. The first kappa shape index (κ1) is 14.4. The number of aromatic amines is 1. The maximum Gasteiger partial charge on any atom is 0.246 e. The van der Waals surface area contributed by atoms with E-state index in [1.54, 1.807) is 12.4 Å². The van der Waals surface area contributed by atoms with Gasteiger partial charge in [0.1, 0.15) is 4.90 Å². The van der Waals surface area contributed by atoms with Crippen molar-refractivity contribution in [2.45, 2.75) is 18.4 Å². The summed E-state index contributed by atoms with van der Waals surface area (Å²) >= 11 is 0. The first-order valence-corrected chi connectivity index (χ1v) is 7.48. The molecule has 2 rings (SSSR count). The average molecular weight is 296 g/mol. The molecule has 0 radical (unpaired) electrons. The van der Waals surface area contributed by atoms with Crippen LogP contribution in [0.15, 0.2) is 29.7 Å². The van der Waals surface area contributed by atoms with Gasteiger partial charge in [0, 0.05) is 31.9 Å². The molecule has 9 heteroatoms. The third-order valence-electron chi connectivity index (χ3n) is 2.63. The minimum atomic E-state index is -3.61. The largest absolute Gasteiger partial charge is 0.355 e. The molecule has 0 bridgehead atoms. The number of sulfonamides is 1. The molecule has 0 fully saturated rings. The van der Waals surface area contributed by atoms with Crippen molar-refractivity contribution in [2.75, 3.05) is 18.9 Å². The van der Waals surface area contributed by atoms with E-state index in [-0.39, 0.29) is 11.4 Å². The molecule has 0 unspecified atom stereocenters. The van der Waals surface area contributed by atoms with Gasteiger partial charge in [0.15, 0.2) is 0 Å². The van der Waals surface area contributed by atoms with E-state index < -0.39 is 10.0 Å². The molecule has 2 heterocycles. The molecular weight excluding hydrogens is 280 g/mol. The summed E-state index contributed by atoms with van der Waals surface area (Å²) in [7, 11) is -2.11. The third kappa shape index (κ3) is 3.11. The number of rotatable bonds is 6. The highest BCUT2D eigenvalue weighted by Gasteiger charge is 2.22. The smallest absolute Gasteiger partial charge is 0.246 e. The number of nitrogens with one attached hydrogen (secondary N) is 2. The van der Waals surface area contributed by atoms with Crippen molar-refractivity contribution >= 4 is 16.0 Å². The molecule has 0 aliphatic rings. The lowest BCUT2D eigenvalue weighted by Gasteiger charge is -2.15. The molecule has 0 aliphatic carbocycles. The zero-order chi connectivity index (χ0) is 14.6. The van der Waals surface area contributed by atoms with Crippen LogP contribution >= 0.6 is 0 Å². The number of hydrogen-bond acceptors (Lipinski definition) is 6. The maximum atomic E-state index is 12.3. The van der Waals surface area contributed by atoms with Crippen molar-refractivity contribution in [3.05, 3.63) is 30.4 Å². The van der Waals surface area contributed by atoms with Gasteiger partial charge in [-0.25, -0.2) is 18.4 Å². The van der Waals surface area contributed by atoms with Crippen LogP contribution in [0.3, 0.4) is 0 Å². The summed E-state index contributed by atoms with van der Waals surface area (Å²) in [6, 6.07) is 0. The lowest BCUT2D eigenvalue weighted by molar-refractivity contribution is 0.466. The molecule has 0 saturated heterocycles. The Balaban J connectivity index is 2.16. The van der Waals surface area contributed by atoms with Gasteiger partial charge in [0.2, 0.25) is 16.0 Å². The Kier molecular flexibility index (Phi) is 4.30. The van der Waals surface area contributed by atoms with Gasteiger partial charge in [-0.3, -0.25) is 5.10 Å². The van der Waals surface area contributed by atoms with Crippen molar-refractivity contribution in [1.82, 2.24) is 24.5 Å². The van der Waals surface area contributed by atoms with Crippen LogP contribution in [0.4, 0.5) is 5.95 Å². The number of aromatic nitrogens is 4. The van der Waals surface area contributed by atoms with Crippen LogP contribution in [0.25, 0.3) is 0 Å². The molecule has 20 heavy (non-hydrogen) atoms. The summed E-state index contributed by atoms with van der Waals surface area (Å²) in [6.07, 6.45) is 5.83. The summed E-state index contributed by atoms with van der Waals surface area (Å²) in [4.78, 5) is 8.00. The topological polar surface area (TPSA) is 104 Å². The molecule has 2 aromatic heterocycles. The molecule has 8 nitrogen and oxygen atoms in total. The fourth-order valence-corrected chi connectivity index (χ4v) is 2.64. The lowest BCUT2D eigenvalue weighted by atomic mass is 10.4. The molecule has 2 N–H and O–H groups in total. The Hall–Kier alpha value is -2.00. The highest BCUT2D eigenvalue weighted by atomic mass is 32.2. The molecule has 0 atom stereocenters. The van der Waals surface area contributed by atoms with Crippen molar-refractivity contribution in [3.8, 4) is 0 Å². The number of nitrogens with zero attached hydrogens (tertiary/aromatic N) is 4. The second-order valence-electron chi connectivity index (χ2n) is 4.14. The lowest BCUT2D eigenvalue weighted by Crippen LogP contribution is -2.26. The van der Waals surface area contributed by atoms with Crippen LogP contribution in [0.2, 0.25) is 0 Å². The molecule has 0 saturated carbocycles. The van der Waals surface area contributed by atoms with E-state index >= 15 is 0 Å². The van der Waals surface area contributed by atoms with Crippen LogP contribution in [0, 0.1) is 0 Å². The Morgan fingerprint density at radius 2 is 2.00 bits per heavy atom. The molecule has 0 aromatic carbocycles. The van der Waals surface area contributed by atoms with Gasteiger partial charge in [-0.1, -0.05) is 0 Å². The number of anilines is 1. The Morgan fingerprint density at radius 3 is 2.55 bits per heavy atom. The molecular formula is C11H16N6O2S. The van der Waals surface area contributed by atoms with Crippen molar-refractivity contribution in [3.63, 3.8) is 0 Å². The van der Waals surface area contributed by atoms with Gasteiger partial charge in [-0.2, -0.15) is 9.40 Å². The van der Waals surface area contributed by atoms with E-state index in [2.05, 4.69) is 25.5 Å². The third-order valence-corrected chi connectivity index (χ3v) is 4.39. The summed E-state index contributed by atoms with van der Waals surface area (Å²) < 4.78 is 25.9. The number of hydrogen-bond donors (Lipinski definition) is 2. The van der Waals surface area contributed by atoms with Gasteiger partial charge in [-0.05, 0) is 6.92 Å². The van der Waals surface area contributed by atoms with E-state index in [4.69, 9.17) is 0 Å². The Morgan fingerprint density at radius 1 is 1.30 bits per heavy atom. The molecule has 0 amide bonds.